The van der Waals surface area contributed by atoms with Crippen molar-refractivity contribution in [2.24, 2.45) is 4.99 Å². The maximum atomic E-state index is 11.7. The van der Waals surface area contributed by atoms with Crippen molar-refractivity contribution in [2.45, 2.75) is 72.0 Å². The smallest absolute Gasteiger partial charge is 0.242 e. The lowest BCUT2D eigenvalue weighted by Gasteiger charge is -2.30. The van der Waals surface area contributed by atoms with Gasteiger partial charge in [-0.2, -0.15) is 0 Å². The predicted molar refractivity (Wildman–Crippen MR) is 112 cm³/mol. The van der Waals surface area contributed by atoms with E-state index in [0.717, 1.165) is 44.9 Å². The van der Waals surface area contributed by atoms with Gasteiger partial charge in [-0.25, -0.2) is 4.99 Å². The third-order valence-electron chi connectivity index (χ3n) is 3.88. The van der Waals surface area contributed by atoms with Crippen LogP contribution in [0.25, 0.3) is 0 Å². The highest BCUT2D eigenvalue weighted by Gasteiger charge is 2.22. The number of carbonyl (C=O) groups excluding carboxylic acids is 1. The summed E-state index contributed by atoms with van der Waals surface area (Å²) in [7, 11) is 0. The molecule has 0 aliphatic heterocycles. The Morgan fingerprint density at radius 3 is 2.29 bits per heavy atom. The zero-order valence-corrected chi connectivity index (χ0v) is 18.2. The Hall–Kier alpha value is -0.570. The summed E-state index contributed by atoms with van der Waals surface area (Å²) in [5.74, 6) is 0.731. The molecule has 0 radical (unpaired) electrons. The largest absolute Gasteiger partial charge is 0.357 e. The van der Waals surface area contributed by atoms with E-state index in [2.05, 4.69) is 53.5 Å². The lowest BCUT2D eigenvalue weighted by molar-refractivity contribution is -0.119. The molecule has 7 heteroatoms. The van der Waals surface area contributed by atoms with Crippen LogP contribution >= 0.6 is 24.0 Å². The van der Waals surface area contributed by atoms with Crippen molar-refractivity contribution in [1.82, 2.24) is 20.9 Å². The van der Waals surface area contributed by atoms with E-state index in [4.69, 9.17) is 0 Å². The second-order valence-corrected chi connectivity index (χ2v) is 6.74. The number of nitrogens with one attached hydrogen (secondary N) is 3. The van der Waals surface area contributed by atoms with Crippen LogP contribution in [0.3, 0.4) is 0 Å². The first kappa shape index (κ1) is 23.4. The van der Waals surface area contributed by atoms with Crippen LogP contribution in [-0.2, 0) is 4.79 Å². The fraction of sp³-hybridized carbons (Fsp3) is 0.882. The SMILES string of the molecule is CCNC(=NCC(=O)NC1CC1)NCCCN(C(C)C)C(C)C.I. The first-order chi connectivity index (χ1) is 10.9. The molecule has 24 heavy (non-hydrogen) atoms. The summed E-state index contributed by atoms with van der Waals surface area (Å²) in [6.45, 7) is 13.9. The molecule has 1 rings (SSSR count). The van der Waals surface area contributed by atoms with Crippen LogP contribution in [0.5, 0.6) is 0 Å². The molecule has 1 amide bonds. The van der Waals surface area contributed by atoms with E-state index >= 15 is 0 Å². The molecule has 1 aliphatic carbocycles. The Morgan fingerprint density at radius 1 is 1.17 bits per heavy atom. The van der Waals surface area contributed by atoms with E-state index in [9.17, 15) is 4.79 Å². The number of carbonyl (C=O) groups is 1. The molecule has 142 valence electrons. The topological polar surface area (TPSA) is 68.8 Å². The first-order valence-electron chi connectivity index (χ1n) is 9.01. The highest BCUT2D eigenvalue weighted by atomic mass is 127. The fourth-order valence-electron chi connectivity index (χ4n) is 2.57. The second kappa shape index (κ2) is 12.7. The third-order valence-corrected chi connectivity index (χ3v) is 3.88. The van der Waals surface area contributed by atoms with Gasteiger partial charge in [0.05, 0.1) is 0 Å². The molecular weight excluding hydrogens is 417 g/mol. The van der Waals surface area contributed by atoms with Gasteiger partial charge < -0.3 is 16.0 Å². The third kappa shape index (κ3) is 10.3. The minimum Gasteiger partial charge on any atom is -0.357 e. The lowest BCUT2D eigenvalue weighted by atomic mass is 10.2. The molecule has 6 nitrogen and oxygen atoms in total. The van der Waals surface area contributed by atoms with E-state index in [1.807, 2.05) is 6.92 Å². The maximum absolute atomic E-state index is 11.7. The fourth-order valence-corrected chi connectivity index (χ4v) is 2.57. The van der Waals surface area contributed by atoms with Gasteiger partial charge >= 0.3 is 0 Å². The van der Waals surface area contributed by atoms with E-state index in [0.29, 0.717) is 18.1 Å². The summed E-state index contributed by atoms with van der Waals surface area (Å²) in [6.07, 6.45) is 3.26. The molecule has 0 saturated heterocycles. The van der Waals surface area contributed by atoms with Crippen molar-refractivity contribution in [1.29, 1.82) is 0 Å². The van der Waals surface area contributed by atoms with Gasteiger partial charge in [0.15, 0.2) is 5.96 Å². The number of nitrogens with zero attached hydrogens (tertiary/aromatic N) is 2. The molecule has 0 atom stereocenters. The number of aliphatic imine (C=N–C) groups is 1. The Morgan fingerprint density at radius 2 is 1.79 bits per heavy atom. The van der Waals surface area contributed by atoms with Crippen LogP contribution in [0.15, 0.2) is 4.99 Å². The number of rotatable bonds is 10. The summed E-state index contributed by atoms with van der Waals surface area (Å²) in [5.41, 5.74) is 0. The highest BCUT2D eigenvalue weighted by Crippen LogP contribution is 2.18. The Kier molecular flexibility index (Phi) is 12.4. The van der Waals surface area contributed by atoms with Crippen molar-refractivity contribution < 1.29 is 4.79 Å². The number of hydrogen-bond donors (Lipinski definition) is 3. The summed E-state index contributed by atoms with van der Waals surface area (Å²) < 4.78 is 0. The zero-order valence-electron chi connectivity index (χ0n) is 15.9. The molecule has 0 aromatic carbocycles. The molecule has 3 N–H and O–H groups in total. The van der Waals surface area contributed by atoms with E-state index < -0.39 is 0 Å². The van der Waals surface area contributed by atoms with Crippen molar-refractivity contribution in [3.05, 3.63) is 0 Å². The Labute approximate surface area is 164 Å². The average Bonchev–Trinajstić information content (AvgIpc) is 3.27. The average molecular weight is 453 g/mol. The number of amides is 1. The van der Waals surface area contributed by atoms with Gasteiger partial charge in [0.25, 0.3) is 0 Å². The normalized spacial score (nSPS) is 14.8. The molecule has 0 unspecified atom stereocenters. The lowest BCUT2D eigenvalue weighted by Crippen LogP contribution is -2.41. The van der Waals surface area contributed by atoms with Gasteiger partial charge in [0.2, 0.25) is 5.91 Å². The van der Waals surface area contributed by atoms with E-state index in [1.54, 1.807) is 0 Å². The van der Waals surface area contributed by atoms with Crippen LogP contribution in [0.1, 0.15) is 53.9 Å². The molecular formula is C17H36IN5O. The summed E-state index contributed by atoms with van der Waals surface area (Å²) in [4.78, 5) is 18.5. The summed E-state index contributed by atoms with van der Waals surface area (Å²) >= 11 is 0. The molecule has 0 aromatic heterocycles. The standard InChI is InChI=1S/C17H35N5O.HI/c1-6-18-17(20-12-16(23)21-15-8-9-15)19-10-7-11-22(13(2)3)14(4)5;/h13-15H,6-12H2,1-5H3,(H,21,23)(H2,18,19,20);1H. The molecule has 1 fully saturated rings. The van der Waals surface area contributed by atoms with Gasteiger partial charge in [0, 0.05) is 37.8 Å². The minimum atomic E-state index is 0. The van der Waals surface area contributed by atoms with Crippen LogP contribution in [0.2, 0.25) is 0 Å². The number of guanidine groups is 1. The minimum absolute atomic E-state index is 0. The van der Waals surface area contributed by atoms with E-state index in [-0.39, 0.29) is 36.4 Å². The number of hydrogen-bond acceptors (Lipinski definition) is 3. The van der Waals surface area contributed by atoms with Gasteiger partial charge in [-0.3, -0.25) is 9.69 Å². The number of halogens is 1. The summed E-state index contributed by atoms with van der Waals surface area (Å²) in [5, 5.41) is 9.45. The van der Waals surface area contributed by atoms with Crippen molar-refractivity contribution >= 4 is 35.8 Å². The monoisotopic (exact) mass is 453 g/mol. The molecule has 1 saturated carbocycles. The zero-order chi connectivity index (χ0) is 17.2. The first-order valence-corrected chi connectivity index (χ1v) is 9.01. The van der Waals surface area contributed by atoms with Crippen LogP contribution < -0.4 is 16.0 Å². The maximum Gasteiger partial charge on any atom is 0.242 e. The van der Waals surface area contributed by atoms with Gasteiger partial charge in [-0.1, -0.05) is 0 Å². The van der Waals surface area contributed by atoms with Gasteiger partial charge in [-0.05, 0) is 53.9 Å². The van der Waals surface area contributed by atoms with Gasteiger partial charge in [-0.15, -0.1) is 24.0 Å². The van der Waals surface area contributed by atoms with Crippen molar-refractivity contribution in [2.75, 3.05) is 26.2 Å². The van der Waals surface area contributed by atoms with Crippen LogP contribution in [-0.4, -0.2) is 61.1 Å². The van der Waals surface area contributed by atoms with Gasteiger partial charge in [0.1, 0.15) is 6.54 Å². The molecule has 0 aromatic rings. The second-order valence-electron chi connectivity index (χ2n) is 6.74. The van der Waals surface area contributed by atoms with Crippen molar-refractivity contribution in [3.8, 4) is 0 Å². The Balaban J connectivity index is 0.00000529. The summed E-state index contributed by atoms with van der Waals surface area (Å²) in [6, 6.07) is 1.51. The predicted octanol–water partition coefficient (Wildman–Crippen LogP) is 1.95. The van der Waals surface area contributed by atoms with Crippen LogP contribution in [0, 0.1) is 0 Å². The van der Waals surface area contributed by atoms with Crippen LogP contribution in [0.4, 0.5) is 0 Å². The Bertz CT molecular complexity index is 375. The molecule has 0 spiro atoms. The molecule has 0 heterocycles. The molecule has 0 bridgehead atoms. The van der Waals surface area contributed by atoms with Crippen molar-refractivity contribution in [3.63, 3.8) is 0 Å². The molecule has 1 aliphatic rings. The highest BCUT2D eigenvalue weighted by molar-refractivity contribution is 14.0. The van der Waals surface area contributed by atoms with E-state index in [1.165, 1.54) is 0 Å². The quantitative estimate of drug-likeness (QED) is 0.205.